The summed E-state index contributed by atoms with van der Waals surface area (Å²) >= 11 is 0. The highest BCUT2D eigenvalue weighted by Crippen LogP contribution is 2.65. The molecule has 0 aromatic heterocycles. The smallest absolute Gasteiger partial charge is 0.356 e. The first kappa shape index (κ1) is 29.7. The van der Waals surface area contributed by atoms with Crippen LogP contribution in [0, 0.1) is 34.5 Å². The summed E-state index contributed by atoms with van der Waals surface area (Å²) in [6, 6.07) is -1.37. The summed E-state index contributed by atoms with van der Waals surface area (Å²) in [6.07, 6.45) is -3.47. The van der Waals surface area contributed by atoms with E-state index in [1.54, 1.807) is 0 Å². The van der Waals surface area contributed by atoms with Crippen LogP contribution in [0.4, 0.5) is 13.2 Å². The van der Waals surface area contributed by atoms with Gasteiger partial charge in [-0.15, -0.1) is 0 Å². The first-order valence-electron chi connectivity index (χ1n) is 13.0. The van der Waals surface area contributed by atoms with Gasteiger partial charge in [0.05, 0.1) is 6.07 Å². The maximum absolute atomic E-state index is 13.5. The van der Waals surface area contributed by atoms with Gasteiger partial charge < -0.3 is 25.8 Å². The first-order chi connectivity index (χ1) is 17.7. The zero-order chi connectivity index (χ0) is 28.4. The van der Waals surface area contributed by atoms with Gasteiger partial charge >= 0.3 is 12.1 Å². The molecule has 0 bridgehead atoms. The third-order valence-corrected chi connectivity index (χ3v) is 8.12. The molecular formula is C25H37F3N6O4. The fourth-order valence-corrected chi connectivity index (χ4v) is 5.84. The normalized spacial score (nSPS) is 27.2. The Hall–Kier alpha value is -2.88. The number of nitriles is 1. The second-order valence-electron chi connectivity index (χ2n) is 11.4. The van der Waals surface area contributed by atoms with Gasteiger partial charge in [-0.1, -0.05) is 13.8 Å². The van der Waals surface area contributed by atoms with E-state index in [1.807, 2.05) is 44.2 Å². The number of hydrogen-bond donors (Lipinski definition) is 3. The summed E-state index contributed by atoms with van der Waals surface area (Å²) < 4.78 is 39.1. The number of nitrogens with zero attached hydrogens (tertiary/aromatic N) is 3. The van der Waals surface area contributed by atoms with E-state index in [9.17, 15) is 37.6 Å². The molecule has 38 heavy (non-hydrogen) atoms. The van der Waals surface area contributed by atoms with E-state index in [1.165, 1.54) is 4.90 Å². The molecule has 1 saturated carbocycles. The lowest BCUT2D eigenvalue weighted by molar-refractivity contribution is -0.175. The molecule has 4 amide bonds. The van der Waals surface area contributed by atoms with Gasteiger partial charge in [-0.3, -0.25) is 19.2 Å². The summed E-state index contributed by atoms with van der Waals surface area (Å²) in [6.45, 7) is 5.25. The SMILES string of the molecule is CN(C)CCCCC(NC(=O)C(F)(F)F)C(=O)N1CC2C(C1C(=O)NC(C#N)CC1CCNC1=O)C2(C)C. The molecule has 0 radical (unpaired) electrons. The van der Waals surface area contributed by atoms with Gasteiger partial charge in [0.2, 0.25) is 17.7 Å². The Morgan fingerprint density at radius 1 is 1.24 bits per heavy atom. The van der Waals surface area contributed by atoms with Crippen LogP contribution in [0.1, 0.15) is 46.0 Å². The summed E-state index contributed by atoms with van der Waals surface area (Å²) in [5.74, 6) is -4.36. The van der Waals surface area contributed by atoms with Crippen molar-refractivity contribution in [2.24, 2.45) is 23.2 Å². The van der Waals surface area contributed by atoms with E-state index in [0.29, 0.717) is 32.4 Å². The summed E-state index contributed by atoms with van der Waals surface area (Å²) in [5, 5.41) is 16.8. The quantitative estimate of drug-likeness (QED) is 0.331. The minimum absolute atomic E-state index is 0.00429. The van der Waals surface area contributed by atoms with Crippen LogP contribution in [0.5, 0.6) is 0 Å². The number of rotatable bonds is 11. The van der Waals surface area contributed by atoms with Crippen LogP contribution in [0.25, 0.3) is 0 Å². The van der Waals surface area contributed by atoms with Crippen molar-refractivity contribution < 1.29 is 32.3 Å². The molecule has 2 aliphatic heterocycles. The number of carbonyl (C=O) groups excluding carboxylic acids is 4. The lowest BCUT2D eigenvalue weighted by Gasteiger charge is -2.33. The van der Waals surface area contributed by atoms with Crippen LogP contribution in [-0.4, -0.2) is 91.5 Å². The Labute approximate surface area is 220 Å². The molecule has 0 aromatic rings. The molecule has 6 unspecified atom stereocenters. The monoisotopic (exact) mass is 542 g/mol. The number of halogens is 3. The molecule has 0 aromatic carbocycles. The van der Waals surface area contributed by atoms with Crippen LogP contribution in [0.3, 0.4) is 0 Å². The molecule has 3 rings (SSSR count). The molecular weight excluding hydrogens is 505 g/mol. The molecule has 2 heterocycles. The predicted octanol–water partition coefficient (Wildman–Crippen LogP) is 0.783. The maximum atomic E-state index is 13.5. The van der Waals surface area contributed by atoms with Gasteiger partial charge in [-0.2, -0.15) is 18.4 Å². The molecule has 13 heteroatoms. The minimum atomic E-state index is -5.15. The molecule has 1 aliphatic carbocycles. The van der Waals surface area contributed by atoms with Gasteiger partial charge in [0.1, 0.15) is 18.1 Å². The molecule has 3 fully saturated rings. The van der Waals surface area contributed by atoms with Crippen molar-refractivity contribution in [2.45, 2.75) is 70.3 Å². The highest BCUT2D eigenvalue weighted by Gasteiger charge is 2.69. The van der Waals surface area contributed by atoms with E-state index in [4.69, 9.17) is 0 Å². The average Bonchev–Trinajstić information content (AvgIpc) is 3.18. The van der Waals surface area contributed by atoms with E-state index in [0.717, 1.165) is 0 Å². The van der Waals surface area contributed by atoms with Crippen LogP contribution < -0.4 is 16.0 Å². The number of piperidine rings is 1. The van der Waals surface area contributed by atoms with Crippen LogP contribution in [0.15, 0.2) is 0 Å². The number of fused-ring (bicyclic) bond motifs is 1. The highest BCUT2D eigenvalue weighted by molar-refractivity contribution is 5.94. The van der Waals surface area contributed by atoms with Gasteiger partial charge in [0.25, 0.3) is 0 Å². The molecule has 0 spiro atoms. The third kappa shape index (κ3) is 6.57. The van der Waals surface area contributed by atoms with Crippen molar-refractivity contribution >= 4 is 23.6 Å². The number of amides is 4. The lowest BCUT2D eigenvalue weighted by Crippen LogP contribution is -2.57. The Morgan fingerprint density at radius 2 is 1.92 bits per heavy atom. The second-order valence-corrected chi connectivity index (χ2v) is 11.4. The van der Waals surface area contributed by atoms with E-state index in [-0.39, 0.29) is 42.5 Å². The molecule has 6 atom stereocenters. The maximum Gasteiger partial charge on any atom is 0.471 e. The van der Waals surface area contributed by atoms with E-state index < -0.39 is 47.9 Å². The minimum Gasteiger partial charge on any atom is -0.356 e. The number of nitrogens with one attached hydrogen (secondary N) is 3. The summed E-state index contributed by atoms with van der Waals surface area (Å²) in [7, 11) is 3.70. The Morgan fingerprint density at radius 3 is 2.47 bits per heavy atom. The Kier molecular flexibility index (Phi) is 8.96. The largest absolute Gasteiger partial charge is 0.471 e. The standard InChI is InChI=1S/C25H37F3N6O4/c1-24(2)16-13-34(22(37)17(7-5-6-10-33(3)4)32-23(38)25(26,27)28)19(18(16)24)21(36)31-15(12-29)11-14-8-9-30-20(14)35/h14-19H,5-11,13H2,1-4H3,(H,30,35)(H,31,36)(H,32,38). The fourth-order valence-electron chi connectivity index (χ4n) is 5.84. The number of likely N-dealkylation sites (tertiary alicyclic amines) is 1. The number of alkyl halides is 3. The van der Waals surface area contributed by atoms with Gasteiger partial charge in [-0.25, -0.2) is 0 Å². The Bertz CT molecular complexity index is 979. The third-order valence-electron chi connectivity index (χ3n) is 8.12. The Balaban J connectivity index is 1.75. The van der Waals surface area contributed by atoms with Crippen molar-refractivity contribution in [1.29, 1.82) is 5.26 Å². The highest BCUT2D eigenvalue weighted by atomic mass is 19.4. The molecule has 3 aliphatic rings. The molecule has 3 N–H and O–H groups in total. The summed E-state index contributed by atoms with van der Waals surface area (Å²) in [5.41, 5.74) is -0.261. The number of carbonyl (C=O) groups is 4. The van der Waals surface area contributed by atoms with Gasteiger partial charge in [-0.05, 0) is 70.0 Å². The van der Waals surface area contributed by atoms with Crippen molar-refractivity contribution in [3.05, 3.63) is 0 Å². The van der Waals surface area contributed by atoms with Crippen molar-refractivity contribution in [2.75, 3.05) is 33.7 Å². The zero-order valence-electron chi connectivity index (χ0n) is 22.2. The molecule has 212 valence electrons. The average molecular weight is 543 g/mol. The van der Waals surface area contributed by atoms with Crippen molar-refractivity contribution in [3.63, 3.8) is 0 Å². The predicted molar refractivity (Wildman–Crippen MR) is 130 cm³/mol. The molecule has 2 saturated heterocycles. The van der Waals surface area contributed by atoms with Crippen LogP contribution in [0.2, 0.25) is 0 Å². The van der Waals surface area contributed by atoms with Gasteiger partial charge in [0, 0.05) is 19.0 Å². The van der Waals surface area contributed by atoms with Crippen LogP contribution in [-0.2, 0) is 19.2 Å². The van der Waals surface area contributed by atoms with Gasteiger partial charge in [0.15, 0.2) is 0 Å². The topological polar surface area (TPSA) is 135 Å². The van der Waals surface area contributed by atoms with Crippen molar-refractivity contribution in [3.8, 4) is 6.07 Å². The van der Waals surface area contributed by atoms with Crippen LogP contribution >= 0.6 is 0 Å². The van der Waals surface area contributed by atoms with Crippen molar-refractivity contribution in [1.82, 2.24) is 25.8 Å². The lowest BCUT2D eigenvalue weighted by atomic mass is 9.97. The van der Waals surface area contributed by atoms with E-state index in [2.05, 4.69) is 10.6 Å². The fraction of sp³-hybridized carbons (Fsp3) is 0.800. The second kappa shape index (κ2) is 11.5. The molecule has 10 nitrogen and oxygen atoms in total. The zero-order valence-corrected chi connectivity index (χ0v) is 22.2. The number of hydrogen-bond acceptors (Lipinski definition) is 6. The van der Waals surface area contributed by atoms with E-state index >= 15 is 0 Å². The number of unbranched alkanes of at least 4 members (excludes halogenated alkanes) is 1. The first-order valence-corrected chi connectivity index (χ1v) is 13.0. The summed E-state index contributed by atoms with van der Waals surface area (Å²) in [4.78, 5) is 53.8.